The van der Waals surface area contributed by atoms with Crippen LogP contribution in [0.15, 0.2) is 48.5 Å². The Balaban J connectivity index is 2.01. The Morgan fingerprint density at radius 3 is 2.37 bits per heavy atom. The highest BCUT2D eigenvalue weighted by molar-refractivity contribution is 7.92. The molecule has 0 aliphatic rings. The number of hydrogen-bond donors (Lipinski definition) is 1. The van der Waals surface area contributed by atoms with Crippen LogP contribution in [0.2, 0.25) is 0 Å². The lowest BCUT2D eigenvalue weighted by Gasteiger charge is -2.24. The van der Waals surface area contributed by atoms with Crippen LogP contribution in [0.25, 0.3) is 0 Å². The molecule has 0 saturated heterocycles. The highest BCUT2D eigenvalue weighted by Gasteiger charge is 2.21. The second-order valence-electron chi connectivity index (χ2n) is 7.28. The van der Waals surface area contributed by atoms with Crippen molar-refractivity contribution in [2.24, 2.45) is 0 Å². The molecule has 0 unspecified atom stereocenters. The molecule has 1 amide bonds. The fourth-order valence-corrected chi connectivity index (χ4v) is 4.24. The van der Waals surface area contributed by atoms with Gasteiger partial charge in [-0.3, -0.25) is 9.10 Å². The summed E-state index contributed by atoms with van der Waals surface area (Å²) in [5, 5.41) is 3.05. The van der Waals surface area contributed by atoms with E-state index in [2.05, 4.69) is 5.32 Å². The third kappa shape index (κ3) is 6.76. The van der Waals surface area contributed by atoms with E-state index in [0.29, 0.717) is 24.5 Å². The molecule has 0 aliphatic carbocycles. The molecule has 0 fully saturated rings. The van der Waals surface area contributed by atoms with Crippen LogP contribution in [0.5, 0.6) is 5.75 Å². The quantitative estimate of drug-likeness (QED) is 0.577. The standard InChI is InChI=1S/C23H32N2O4S/c1-5-20(19-15-13-18(3)14-16-19)24-23(26)12-9-17-25(30(4,27)28)21-10-7-8-11-22(21)29-6-2/h7-8,10-11,13-16,20H,5-6,9,12,17H2,1-4H3,(H,24,26)/t20-/m1/s1. The molecular formula is C23H32N2O4S. The summed E-state index contributed by atoms with van der Waals surface area (Å²) < 4.78 is 31.6. The van der Waals surface area contributed by atoms with E-state index < -0.39 is 10.0 Å². The zero-order valence-corrected chi connectivity index (χ0v) is 19.0. The van der Waals surface area contributed by atoms with Gasteiger partial charge in [0.2, 0.25) is 15.9 Å². The summed E-state index contributed by atoms with van der Waals surface area (Å²) >= 11 is 0. The molecule has 0 aliphatic heterocycles. The number of para-hydroxylation sites is 2. The van der Waals surface area contributed by atoms with Crippen molar-refractivity contribution >= 4 is 21.6 Å². The van der Waals surface area contributed by atoms with Gasteiger partial charge in [-0.25, -0.2) is 8.42 Å². The van der Waals surface area contributed by atoms with Crippen molar-refractivity contribution < 1.29 is 17.9 Å². The van der Waals surface area contributed by atoms with Crippen LogP contribution < -0.4 is 14.4 Å². The van der Waals surface area contributed by atoms with Gasteiger partial charge < -0.3 is 10.1 Å². The Hall–Kier alpha value is -2.54. The van der Waals surface area contributed by atoms with Crippen molar-refractivity contribution in [1.29, 1.82) is 0 Å². The molecule has 30 heavy (non-hydrogen) atoms. The van der Waals surface area contributed by atoms with Gasteiger partial charge >= 0.3 is 0 Å². The van der Waals surface area contributed by atoms with E-state index in [1.165, 1.54) is 16.1 Å². The van der Waals surface area contributed by atoms with Gasteiger partial charge in [-0.1, -0.05) is 48.9 Å². The summed E-state index contributed by atoms with van der Waals surface area (Å²) in [4.78, 5) is 12.5. The van der Waals surface area contributed by atoms with E-state index in [0.717, 1.165) is 12.0 Å². The molecule has 0 heterocycles. The first-order valence-corrected chi connectivity index (χ1v) is 12.2. The number of amides is 1. The van der Waals surface area contributed by atoms with Crippen LogP contribution in [-0.2, 0) is 14.8 Å². The minimum absolute atomic E-state index is 0.0530. The van der Waals surface area contributed by atoms with E-state index in [1.807, 2.05) is 45.0 Å². The number of sulfonamides is 1. The van der Waals surface area contributed by atoms with E-state index in [-0.39, 0.29) is 24.9 Å². The molecule has 164 valence electrons. The first-order valence-electron chi connectivity index (χ1n) is 10.3. The van der Waals surface area contributed by atoms with E-state index in [9.17, 15) is 13.2 Å². The first kappa shape index (κ1) is 23.7. The van der Waals surface area contributed by atoms with Crippen LogP contribution in [-0.4, -0.2) is 33.7 Å². The maximum Gasteiger partial charge on any atom is 0.232 e. The Labute approximate surface area is 180 Å². The zero-order chi connectivity index (χ0) is 22.1. The van der Waals surface area contributed by atoms with Crippen molar-refractivity contribution in [3.63, 3.8) is 0 Å². The average molecular weight is 433 g/mol. The molecule has 1 atom stereocenters. The first-order chi connectivity index (χ1) is 14.3. The fourth-order valence-electron chi connectivity index (χ4n) is 3.28. The summed E-state index contributed by atoms with van der Waals surface area (Å²) in [5.41, 5.74) is 2.74. The van der Waals surface area contributed by atoms with Crippen molar-refractivity contribution in [3.05, 3.63) is 59.7 Å². The SMILES string of the molecule is CCOc1ccccc1N(CCCC(=O)N[C@H](CC)c1ccc(C)cc1)S(C)(=O)=O. The molecule has 6 nitrogen and oxygen atoms in total. The van der Waals surface area contributed by atoms with Gasteiger partial charge in [0, 0.05) is 13.0 Å². The predicted octanol–water partition coefficient (Wildman–Crippen LogP) is 4.21. The molecule has 0 saturated carbocycles. The number of hydrogen-bond acceptors (Lipinski definition) is 4. The Bertz CT molecular complexity index is 926. The Kier molecular flexibility index (Phi) is 8.72. The molecule has 2 aromatic rings. The van der Waals surface area contributed by atoms with Gasteiger partial charge in [-0.05, 0) is 44.4 Å². The number of rotatable bonds is 11. The summed E-state index contributed by atoms with van der Waals surface area (Å²) in [6.07, 6.45) is 2.60. The number of nitrogens with zero attached hydrogens (tertiary/aromatic N) is 1. The Morgan fingerprint density at radius 1 is 1.10 bits per heavy atom. The van der Waals surface area contributed by atoms with Gasteiger partial charge in [0.15, 0.2) is 0 Å². The molecule has 7 heteroatoms. The van der Waals surface area contributed by atoms with Crippen LogP contribution in [0, 0.1) is 6.92 Å². The highest BCUT2D eigenvalue weighted by atomic mass is 32.2. The number of anilines is 1. The highest BCUT2D eigenvalue weighted by Crippen LogP contribution is 2.30. The topological polar surface area (TPSA) is 75.7 Å². The number of carbonyl (C=O) groups is 1. The van der Waals surface area contributed by atoms with Crippen LogP contribution >= 0.6 is 0 Å². The van der Waals surface area contributed by atoms with Gasteiger partial charge in [-0.15, -0.1) is 0 Å². The smallest absolute Gasteiger partial charge is 0.232 e. The van der Waals surface area contributed by atoms with Crippen molar-refractivity contribution in [2.75, 3.05) is 23.7 Å². The van der Waals surface area contributed by atoms with Gasteiger partial charge in [0.25, 0.3) is 0 Å². The predicted molar refractivity (Wildman–Crippen MR) is 121 cm³/mol. The van der Waals surface area contributed by atoms with Gasteiger partial charge in [0.1, 0.15) is 5.75 Å². The molecule has 0 aromatic heterocycles. The molecule has 1 N–H and O–H groups in total. The minimum atomic E-state index is -3.51. The third-order valence-electron chi connectivity index (χ3n) is 4.82. The van der Waals surface area contributed by atoms with Crippen molar-refractivity contribution in [1.82, 2.24) is 5.32 Å². The normalized spacial score (nSPS) is 12.3. The molecule has 2 rings (SSSR count). The summed E-state index contributed by atoms with van der Waals surface area (Å²) in [6.45, 7) is 6.55. The molecule has 0 bridgehead atoms. The Morgan fingerprint density at radius 2 is 1.77 bits per heavy atom. The van der Waals surface area contributed by atoms with Gasteiger partial charge in [0.05, 0.1) is 24.6 Å². The lowest BCUT2D eigenvalue weighted by Crippen LogP contribution is -2.33. The van der Waals surface area contributed by atoms with E-state index in [1.54, 1.807) is 24.3 Å². The largest absolute Gasteiger partial charge is 0.492 e. The van der Waals surface area contributed by atoms with Gasteiger partial charge in [-0.2, -0.15) is 0 Å². The van der Waals surface area contributed by atoms with Crippen LogP contribution in [0.1, 0.15) is 50.3 Å². The summed E-state index contributed by atoms with van der Waals surface area (Å²) in [7, 11) is -3.51. The number of benzene rings is 2. The van der Waals surface area contributed by atoms with Crippen molar-refractivity contribution in [3.8, 4) is 5.75 Å². The number of nitrogens with one attached hydrogen (secondary N) is 1. The lowest BCUT2D eigenvalue weighted by molar-refractivity contribution is -0.121. The van der Waals surface area contributed by atoms with Crippen molar-refractivity contribution in [2.45, 2.75) is 46.1 Å². The maximum absolute atomic E-state index is 12.5. The maximum atomic E-state index is 12.5. The number of ether oxygens (including phenoxy) is 1. The van der Waals surface area contributed by atoms with E-state index >= 15 is 0 Å². The second-order valence-corrected chi connectivity index (χ2v) is 9.19. The zero-order valence-electron chi connectivity index (χ0n) is 18.2. The third-order valence-corrected chi connectivity index (χ3v) is 6.00. The van der Waals surface area contributed by atoms with Crippen LogP contribution in [0.4, 0.5) is 5.69 Å². The minimum Gasteiger partial charge on any atom is -0.492 e. The number of carbonyl (C=O) groups excluding carboxylic acids is 1. The molecule has 0 radical (unpaired) electrons. The van der Waals surface area contributed by atoms with E-state index in [4.69, 9.17) is 4.74 Å². The molecular weight excluding hydrogens is 400 g/mol. The average Bonchev–Trinajstić information content (AvgIpc) is 2.70. The summed E-state index contributed by atoms with van der Waals surface area (Å²) in [6, 6.07) is 15.1. The number of aryl methyl sites for hydroxylation is 1. The molecule has 2 aromatic carbocycles. The fraction of sp³-hybridized carbons (Fsp3) is 0.435. The molecule has 0 spiro atoms. The van der Waals surface area contributed by atoms with Crippen LogP contribution in [0.3, 0.4) is 0 Å². The lowest BCUT2D eigenvalue weighted by atomic mass is 10.0. The monoisotopic (exact) mass is 432 g/mol. The second kappa shape index (κ2) is 11.0. The summed E-state index contributed by atoms with van der Waals surface area (Å²) in [5.74, 6) is 0.425.